The van der Waals surface area contributed by atoms with Crippen molar-refractivity contribution in [2.45, 2.75) is 13.5 Å². The maximum absolute atomic E-state index is 14.5. The molecular weight excluding hydrogens is 425 g/mol. The molecule has 0 unspecified atom stereocenters. The normalized spacial score (nSPS) is 13.0. The van der Waals surface area contributed by atoms with E-state index in [1.165, 1.54) is 11.0 Å². The number of hydrogen-bond donors (Lipinski definition) is 0. The van der Waals surface area contributed by atoms with Crippen molar-refractivity contribution in [1.29, 1.82) is 0 Å². The van der Waals surface area contributed by atoms with Crippen molar-refractivity contribution in [3.63, 3.8) is 0 Å². The lowest BCUT2D eigenvalue weighted by atomic mass is 10.1. The Kier molecular flexibility index (Phi) is 5.85. The molecule has 0 spiro atoms. The predicted molar refractivity (Wildman–Crippen MR) is 112 cm³/mol. The zero-order chi connectivity index (χ0) is 22.0. The topological polar surface area (TPSA) is 82.1 Å². The second kappa shape index (κ2) is 8.73. The number of rotatable bonds is 6. The summed E-state index contributed by atoms with van der Waals surface area (Å²) in [7, 11) is 0. The Bertz CT molecular complexity index is 1170. The summed E-state index contributed by atoms with van der Waals surface area (Å²) in [5, 5.41) is 0.219. The minimum atomic E-state index is -0.699. The number of carbonyl (C=O) groups is 3. The highest BCUT2D eigenvalue weighted by Crippen LogP contribution is 2.35. The molecule has 1 aliphatic heterocycles. The molecule has 160 valence electrons. The van der Waals surface area contributed by atoms with Gasteiger partial charge in [-0.05, 0) is 31.2 Å². The second-order valence-electron chi connectivity index (χ2n) is 6.64. The van der Waals surface area contributed by atoms with E-state index in [1.807, 2.05) is 0 Å². The van der Waals surface area contributed by atoms with Crippen LogP contribution in [0, 0.1) is 5.82 Å². The molecule has 1 aliphatic rings. The smallest absolute Gasteiger partial charge is 0.348 e. The third-order valence-corrected chi connectivity index (χ3v) is 5.87. The van der Waals surface area contributed by atoms with Gasteiger partial charge in [-0.3, -0.25) is 14.5 Å². The van der Waals surface area contributed by atoms with E-state index in [9.17, 15) is 18.8 Å². The number of halogens is 1. The molecule has 0 atom stereocenters. The van der Waals surface area contributed by atoms with E-state index in [-0.39, 0.29) is 48.1 Å². The average molecular weight is 443 g/mol. The Hall–Kier alpha value is -3.46. The monoisotopic (exact) mass is 443 g/mol. The molecule has 0 saturated heterocycles. The van der Waals surface area contributed by atoms with Crippen LogP contribution < -0.4 is 9.64 Å². The van der Waals surface area contributed by atoms with E-state index in [1.54, 1.807) is 43.3 Å². The number of hydrogen-bond acceptors (Lipinski definition) is 7. The van der Waals surface area contributed by atoms with Gasteiger partial charge in [-0.2, -0.15) is 0 Å². The van der Waals surface area contributed by atoms with Gasteiger partial charge >= 0.3 is 11.9 Å². The largest absolute Gasteiger partial charge is 0.482 e. The Morgan fingerprint density at radius 3 is 2.77 bits per heavy atom. The van der Waals surface area contributed by atoms with Gasteiger partial charge in [0, 0.05) is 15.6 Å². The van der Waals surface area contributed by atoms with E-state index in [0.29, 0.717) is 16.1 Å². The highest BCUT2D eigenvalue weighted by Gasteiger charge is 2.28. The van der Waals surface area contributed by atoms with Crippen LogP contribution in [0.15, 0.2) is 42.5 Å². The molecule has 0 fully saturated rings. The fourth-order valence-electron chi connectivity index (χ4n) is 3.32. The lowest BCUT2D eigenvalue weighted by Crippen LogP contribution is -2.42. The Morgan fingerprint density at radius 2 is 1.97 bits per heavy atom. The van der Waals surface area contributed by atoms with E-state index >= 15 is 0 Å². The molecule has 4 rings (SSSR count). The second-order valence-corrected chi connectivity index (χ2v) is 7.69. The Morgan fingerprint density at radius 1 is 1.16 bits per heavy atom. The third-order valence-electron chi connectivity index (χ3n) is 4.70. The molecule has 0 radical (unpaired) electrons. The van der Waals surface area contributed by atoms with E-state index in [0.717, 1.165) is 11.3 Å². The van der Waals surface area contributed by atoms with Gasteiger partial charge in [0.05, 0.1) is 12.3 Å². The van der Waals surface area contributed by atoms with Crippen LogP contribution in [0.3, 0.4) is 0 Å². The van der Waals surface area contributed by atoms with Crippen LogP contribution >= 0.6 is 11.3 Å². The number of anilines is 1. The van der Waals surface area contributed by atoms with Gasteiger partial charge in [-0.25, -0.2) is 9.18 Å². The Labute approximate surface area is 180 Å². The molecule has 0 N–H and O–H groups in total. The van der Waals surface area contributed by atoms with Crippen molar-refractivity contribution in [2.24, 2.45) is 0 Å². The number of para-hydroxylation sites is 2. The number of carbonyl (C=O) groups excluding carboxylic acids is 3. The summed E-state index contributed by atoms with van der Waals surface area (Å²) in [4.78, 5) is 38.6. The molecule has 0 saturated carbocycles. The fourth-order valence-corrected chi connectivity index (χ4v) is 4.44. The SMILES string of the molecule is CCOC(=O)c1sc2cccc(F)c2c1COC(=O)CN1C(=O)COc2ccccc21. The number of amides is 1. The molecule has 7 nitrogen and oxygen atoms in total. The molecule has 1 amide bonds. The van der Waals surface area contributed by atoms with E-state index in [2.05, 4.69) is 0 Å². The first-order valence-electron chi connectivity index (χ1n) is 9.54. The first-order chi connectivity index (χ1) is 15.0. The standard InChI is InChI=1S/C22H18FNO6S/c1-2-28-22(27)21-13(20-14(23)6-5-9-17(20)31-21)11-30-19(26)10-24-15-7-3-4-8-16(15)29-12-18(24)25/h3-9H,2,10-12H2,1H3. The van der Waals surface area contributed by atoms with Crippen LogP contribution in [-0.4, -0.2) is 37.6 Å². The van der Waals surface area contributed by atoms with Crippen LogP contribution in [-0.2, 0) is 25.7 Å². The number of ether oxygens (including phenoxy) is 3. The summed E-state index contributed by atoms with van der Waals surface area (Å²) in [6.45, 7) is 0.986. The van der Waals surface area contributed by atoms with Crippen LogP contribution in [0.1, 0.15) is 22.2 Å². The zero-order valence-electron chi connectivity index (χ0n) is 16.6. The molecular formula is C22H18FNO6S. The number of benzene rings is 2. The first kappa shape index (κ1) is 20.8. The quantitative estimate of drug-likeness (QED) is 0.541. The van der Waals surface area contributed by atoms with Crippen molar-refractivity contribution in [2.75, 3.05) is 24.7 Å². The van der Waals surface area contributed by atoms with Gasteiger partial charge in [0.2, 0.25) is 0 Å². The van der Waals surface area contributed by atoms with Crippen molar-refractivity contribution in [3.8, 4) is 5.75 Å². The number of nitrogens with zero attached hydrogens (tertiary/aromatic N) is 1. The van der Waals surface area contributed by atoms with Gasteiger partial charge in [0.1, 0.15) is 29.6 Å². The van der Waals surface area contributed by atoms with Crippen LogP contribution in [0.5, 0.6) is 5.75 Å². The average Bonchev–Trinajstić information content (AvgIpc) is 3.14. The summed E-state index contributed by atoms with van der Waals surface area (Å²) in [6, 6.07) is 11.4. The third kappa shape index (κ3) is 4.09. The lowest BCUT2D eigenvalue weighted by Gasteiger charge is -2.28. The summed E-state index contributed by atoms with van der Waals surface area (Å²) < 4.78 is 30.8. The molecule has 3 aromatic rings. The van der Waals surface area contributed by atoms with Crippen molar-refractivity contribution in [1.82, 2.24) is 0 Å². The maximum Gasteiger partial charge on any atom is 0.348 e. The van der Waals surface area contributed by atoms with Crippen LogP contribution in [0.4, 0.5) is 10.1 Å². The van der Waals surface area contributed by atoms with Crippen molar-refractivity contribution < 1.29 is 33.0 Å². The predicted octanol–water partition coefficient (Wildman–Crippen LogP) is 3.69. The van der Waals surface area contributed by atoms with E-state index < -0.39 is 17.8 Å². The van der Waals surface area contributed by atoms with Crippen LogP contribution in [0.2, 0.25) is 0 Å². The summed E-state index contributed by atoms with van der Waals surface area (Å²) in [5.41, 5.74) is 0.716. The fraction of sp³-hybridized carbons (Fsp3) is 0.227. The molecule has 0 bridgehead atoms. The molecule has 9 heteroatoms. The number of thiophene rings is 1. The molecule has 0 aliphatic carbocycles. The van der Waals surface area contributed by atoms with Crippen molar-refractivity contribution in [3.05, 3.63) is 58.7 Å². The molecule has 31 heavy (non-hydrogen) atoms. The van der Waals surface area contributed by atoms with Crippen molar-refractivity contribution >= 4 is 45.0 Å². The molecule has 2 aromatic carbocycles. The summed E-state index contributed by atoms with van der Waals surface area (Å²) >= 11 is 1.08. The van der Waals surface area contributed by atoms with E-state index in [4.69, 9.17) is 14.2 Å². The Balaban J connectivity index is 1.55. The van der Waals surface area contributed by atoms with Gasteiger partial charge in [-0.15, -0.1) is 11.3 Å². The van der Waals surface area contributed by atoms with Crippen LogP contribution in [0.25, 0.3) is 10.1 Å². The minimum Gasteiger partial charge on any atom is -0.482 e. The highest BCUT2D eigenvalue weighted by atomic mass is 32.1. The number of fused-ring (bicyclic) bond motifs is 2. The highest BCUT2D eigenvalue weighted by molar-refractivity contribution is 7.21. The maximum atomic E-state index is 14.5. The van der Waals surface area contributed by atoms with Gasteiger partial charge < -0.3 is 14.2 Å². The van der Waals surface area contributed by atoms with Gasteiger partial charge in [-0.1, -0.05) is 18.2 Å². The summed E-state index contributed by atoms with van der Waals surface area (Å²) in [5.74, 6) is -1.71. The minimum absolute atomic E-state index is 0.160. The van der Waals surface area contributed by atoms with Gasteiger partial charge in [0.25, 0.3) is 5.91 Å². The molecule has 1 aromatic heterocycles. The van der Waals surface area contributed by atoms with Gasteiger partial charge in [0.15, 0.2) is 6.61 Å². The number of esters is 2. The summed E-state index contributed by atoms with van der Waals surface area (Å²) in [6.07, 6.45) is 0. The molecule has 2 heterocycles. The zero-order valence-corrected chi connectivity index (χ0v) is 17.4. The lowest BCUT2D eigenvalue weighted by molar-refractivity contribution is -0.144. The first-order valence-corrected chi connectivity index (χ1v) is 10.4.